The van der Waals surface area contributed by atoms with Crippen LogP contribution in [0.2, 0.25) is 0 Å². The molecule has 23 heavy (non-hydrogen) atoms. The van der Waals surface area contributed by atoms with Crippen molar-refractivity contribution >= 4 is 39.4 Å². The molecule has 0 bridgehead atoms. The van der Waals surface area contributed by atoms with Gasteiger partial charge in [-0.1, -0.05) is 0 Å². The van der Waals surface area contributed by atoms with Gasteiger partial charge in [0.1, 0.15) is 5.78 Å². The van der Waals surface area contributed by atoms with Crippen LogP contribution in [0.1, 0.15) is 27.2 Å². The SMILES string of the molecule is Nc1sc2c(c1C(=O)Nc1ccc([N+](=O)[O-])cc1)CCC(=O)C2. The van der Waals surface area contributed by atoms with Crippen LogP contribution >= 0.6 is 11.3 Å². The lowest BCUT2D eigenvalue weighted by atomic mass is 9.94. The second-order valence-electron chi connectivity index (χ2n) is 5.22. The smallest absolute Gasteiger partial charge is 0.269 e. The summed E-state index contributed by atoms with van der Waals surface area (Å²) in [6, 6.07) is 5.57. The Morgan fingerprint density at radius 3 is 2.61 bits per heavy atom. The van der Waals surface area contributed by atoms with Gasteiger partial charge in [0, 0.05) is 35.5 Å². The van der Waals surface area contributed by atoms with Crippen molar-refractivity contribution in [2.75, 3.05) is 11.1 Å². The Labute approximate surface area is 135 Å². The molecule has 0 aliphatic heterocycles. The Hall–Kier alpha value is -2.74. The van der Waals surface area contributed by atoms with E-state index in [4.69, 9.17) is 5.73 Å². The monoisotopic (exact) mass is 331 g/mol. The first kappa shape index (κ1) is 15.2. The number of nitro benzene ring substituents is 1. The normalized spacial score (nSPS) is 13.5. The third kappa shape index (κ3) is 2.93. The van der Waals surface area contributed by atoms with Gasteiger partial charge in [-0.15, -0.1) is 11.3 Å². The van der Waals surface area contributed by atoms with Crippen LogP contribution in [0.25, 0.3) is 0 Å². The molecule has 3 N–H and O–H groups in total. The van der Waals surface area contributed by atoms with Crippen molar-refractivity contribution in [3.63, 3.8) is 0 Å². The molecular formula is C15H13N3O4S. The summed E-state index contributed by atoms with van der Waals surface area (Å²) in [5.74, 6) is -0.204. The molecule has 0 atom stereocenters. The second kappa shape index (κ2) is 5.81. The summed E-state index contributed by atoms with van der Waals surface area (Å²) >= 11 is 1.27. The topological polar surface area (TPSA) is 115 Å². The van der Waals surface area contributed by atoms with Crippen LogP contribution in [-0.4, -0.2) is 16.6 Å². The predicted octanol–water partition coefficient (Wildman–Crippen LogP) is 2.55. The molecule has 7 nitrogen and oxygen atoms in total. The van der Waals surface area contributed by atoms with Gasteiger partial charge in [0.2, 0.25) is 0 Å². The Kier molecular flexibility index (Phi) is 3.83. The fourth-order valence-corrected chi connectivity index (χ4v) is 3.73. The Morgan fingerprint density at radius 1 is 1.26 bits per heavy atom. The number of rotatable bonds is 3. The number of nitrogen functional groups attached to an aromatic ring is 1. The number of hydrogen-bond donors (Lipinski definition) is 2. The fourth-order valence-electron chi connectivity index (χ4n) is 2.58. The molecule has 0 spiro atoms. The maximum Gasteiger partial charge on any atom is 0.269 e. The Bertz CT molecular complexity index is 811. The number of hydrogen-bond acceptors (Lipinski definition) is 6. The van der Waals surface area contributed by atoms with Gasteiger partial charge < -0.3 is 11.1 Å². The van der Waals surface area contributed by atoms with Crippen LogP contribution in [0.4, 0.5) is 16.4 Å². The van der Waals surface area contributed by atoms with Crippen LogP contribution in [0.15, 0.2) is 24.3 Å². The molecule has 0 fully saturated rings. The lowest BCUT2D eigenvalue weighted by molar-refractivity contribution is -0.384. The number of nitrogens with two attached hydrogens (primary N) is 1. The number of thiophene rings is 1. The summed E-state index contributed by atoms with van der Waals surface area (Å²) in [6.45, 7) is 0. The van der Waals surface area contributed by atoms with E-state index in [9.17, 15) is 19.7 Å². The zero-order valence-corrected chi connectivity index (χ0v) is 12.8. The molecule has 1 aromatic heterocycles. The van der Waals surface area contributed by atoms with Crippen LogP contribution < -0.4 is 11.1 Å². The third-order valence-electron chi connectivity index (χ3n) is 3.69. The minimum atomic E-state index is -0.504. The number of nitro groups is 1. The highest BCUT2D eigenvalue weighted by Gasteiger charge is 2.27. The summed E-state index contributed by atoms with van der Waals surface area (Å²) < 4.78 is 0. The first-order chi connectivity index (χ1) is 11.0. The van der Waals surface area contributed by atoms with E-state index in [0.717, 1.165) is 10.4 Å². The predicted molar refractivity (Wildman–Crippen MR) is 86.8 cm³/mol. The molecule has 0 saturated heterocycles. The summed E-state index contributed by atoms with van der Waals surface area (Å²) in [7, 11) is 0. The lowest BCUT2D eigenvalue weighted by Gasteiger charge is -2.12. The number of Topliss-reactive ketones (excluding diaryl/α,β-unsaturated/α-hetero) is 1. The van der Waals surface area contributed by atoms with Gasteiger partial charge in [0.05, 0.1) is 15.5 Å². The van der Waals surface area contributed by atoms with Gasteiger partial charge >= 0.3 is 0 Å². The Balaban J connectivity index is 1.84. The minimum Gasteiger partial charge on any atom is -0.390 e. The summed E-state index contributed by atoms with van der Waals surface area (Å²) in [5.41, 5.74) is 7.60. The van der Waals surface area contributed by atoms with E-state index in [1.807, 2.05) is 0 Å². The molecule has 2 aromatic rings. The largest absolute Gasteiger partial charge is 0.390 e. The number of nitrogens with zero attached hydrogens (tertiary/aromatic N) is 1. The number of non-ortho nitro benzene ring substituents is 1. The zero-order chi connectivity index (χ0) is 16.6. The molecule has 1 aliphatic rings. The molecular weight excluding hydrogens is 318 g/mol. The van der Waals surface area contributed by atoms with Crippen molar-refractivity contribution in [2.24, 2.45) is 0 Å². The van der Waals surface area contributed by atoms with E-state index >= 15 is 0 Å². The molecule has 1 aliphatic carbocycles. The van der Waals surface area contributed by atoms with Crippen LogP contribution in [-0.2, 0) is 17.6 Å². The third-order valence-corrected chi connectivity index (χ3v) is 4.75. The number of anilines is 2. The average Bonchev–Trinajstić information content (AvgIpc) is 2.82. The van der Waals surface area contributed by atoms with Gasteiger partial charge in [0.25, 0.3) is 11.6 Å². The second-order valence-corrected chi connectivity index (χ2v) is 6.35. The number of fused-ring (bicyclic) bond motifs is 1. The van der Waals surface area contributed by atoms with Gasteiger partial charge in [0.15, 0.2) is 0 Å². The Morgan fingerprint density at radius 2 is 1.96 bits per heavy atom. The number of carbonyl (C=O) groups is 2. The van der Waals surface area contributed by atoms with Crippen LogP contribution in [0, 0.1) is 10.1 Å². The van der Waals surface area contributed by atoms with Crippen molar-refractivity contribution in [3.8, 4) is 0 Å². The van der Waals surface area contributed by atoms with Crippen molar-refractivity contribution in [1.82, 2.24) is 0 Å². The summed E-state index contributed by atoms with van der Waals surface area (Å²) in [4.78, 5) is 34.9. The molecule has 0 unspecified atom stereocenters. The maximum absolute atomic E-state index is 12.5. The van der Waals surface area contributed by atoms with E-state index in [1.54, 1.807) is 0 Å². The number of amides is 1. The zero-order valence-electron chi connectivity index (χ0n) is 12.0. The number of carbonyl (C=O) groups excluding carboxylic acids is 2. The first-order valence-electron chi connectivity index (χ1n) is 6.93. The molecule has 1 amide bonds. The molecule has 1 heterocycles. The maximum atomic E-state index is 12.5. The van der Waals surface area contributed by atoms with E-state index in [-0.39, 0.29) is 17.4 Å². The van der Waals surface area contributed by atoms with Crippen LogP contribution in [0.3, 0.4) is 0 Å². The highest BCUT2D eigenvalue weighted by Crippen LogP contribution is 2.35. The summed E-state index contributed by atoms with van der Waals surface area (Å²) in [5, 5.41) is 13.7. The van der Waals surface area contributed by atoms with Gasteiger partial charge in [-0.2, -0.15) is 0 Å². The van der Waals surface area contributed by atoms with Crippen molar-refractivity contribution < 1.29 is 14.5 Å². The quantitative estimate of drug-likeness (QED) is 0.662. The molecule has 3 rings (SSSR count). The van der Waals surface area contributed by atoms with Crippen molar-refractivity contribution in [3.05, 3.63) is 50.4 Å². The number of ketones is 1. The molecule has 1 aromatic carbocycles. The molecule has 8 heteroatoms. The highest BCUT2D eigenvalue weighted by molar-refractivity contribution is 7.16. The minimum absolute atomic E-state index is 0.0473. The number of nitrogens with one attached hydrogen (secondary N) is 1. The van der Waals surface area contributed by atoms with Crippen molar-refractivity contribution in [2.45, 2.75) is 19.3 Å². The van der Waals surface area contributed by atoms with Gasteiger partial charge in [-0.05, 0) is 24.1 Å². The van der Waals surface area contributed by atoms with E-state index < -0.39 is 4.92 Å². The average molecular weight is 331 g/mol. The summed E-state index contributed by atoms with van der Waals surface area (Å²) in [6.07, 6.45) is 1.26. The molecule has 0 saturated carbocycles. The fraction of sp³-hybridized carbons (Fsp3) is 0.200. The van der Waals surface area contributed by atoms with Crippen LogP contribution in [0.5, 0.6) is 0 Å². The van der Waals surface area contributed by atoms with Crippen molar-refractivity contribution in [1.29, 1.82) is 0 Å². The van der Waals surface area contributed by atoms with E-state index in [2.05, 4.69) is 5.32 Å². The molecule has 0 radical (unpaired) electrons. The van der Waals surface area contributed by atoms with E-state index in [1.165, 1.54) is 35.6 Å². The molecule has 118 valence electrons. The highest BCUT2D eigenvalue weighted by atomic mass is 32.1. The van der Waals surface area contributed by atoms with E-state index in [0.29, 0.717) is 35.5 Å². The number of benzene rings is 1. The van der Waals surface area contributed by atoms with Gasteiger partial charge in [-0.25, -0.2) is 0 Å². The lowest BCUT2D eigenvalue weighted by Crippen LogP contribution is -2.18. The standard InChI is InChI=1S/C15H13N3O4S/c16-14-13(11-6-5-10(19)7-12(11)23-14)15(20)17-8-1-3-9(4-2-8)18(21)22/h1-4H,5-7,16H2,(H,17,20). The van der Waals surface area contributed by atoms with Gasteiger partial charge in [-0.3, -0.25) is 19.7 Å². The first-order valence-corrected chi connectivity index (χ1v) is 7.75.